The van der Waals surface area contributed by atoms with Crippen molar-refractivity contribution in [2.75, 3.05) is 0 Å². The lowest BCUT2D eigenvalue weighted by molar-refractivity contribution is -0.128. The van der Waals surface area contributed by atoms with E-state index in [1.54, 1.807) is 0 Å². The molecule has 0 aromatic rings. The molecule has 2 fully saturated rings. The Morgan fingerprint density at radius 2 is 1.93 bits per heavy atom. The molecule has 2 aliphatic rings. The summed E-state index contributed by atoms with van der Waals surface area (Å²) in [7, 11) is 0. The van der Waals surface area contributed by atoms with Crippen LogP contribution in [0.1, 0.15) is 52.4 Å². The third-order valence-electron chi connectivity index (χ3n) is 4.07. The summed E-state index contributed by atoms with van der Waals surface area (Å²) in [5.74, 6) is 1.38. The maximum Gasteiger partial charge on any atom is 0.141 e. The predicted octanol–water partition coefficient (Wildman–Crippen LogP) is 3.67. The highest BCUT2D eigenvalue weighted by molar-refractivity contribution is 8.00. The molecule has 4 atom stereocenters. The molecule has 0 spiro atoms. The van der Waals surface area contributed by atoms with Crippen molar-refractivity contribution in [3.05, 3.63) is 0 Å². The lowest BCUT2D eigenvalue weighted by Gasteiger charge is -2.41. The van der Waals surface area contributed by atoms with Crippen LogP contribution in [0, 0.1) is 11.8 Å². The molecular weight excluding hydrogens is 204 g/mol. The van der Waals surface area contributed by atoms with Gasteiger partial charge in [0.1, 0.15) is 5.78 Å². The van der Waals surface area contributed by atoms with Crippen LogP contribution < -0.4 is 0 Å². The Morgan fingerprint density at radius 3 is 2.60 bits per heavy atom. The molecule has 86 valence electrons. The highest BCUT2D eigenvalue weighted by Gasteiger charge is 2.43. The Labute approximate surface area is 97.4 Å². The number of ketones is 1. The second-order valence-corrected chi connectivity index (χ2v) is 6.41. The van der Waals surface area contributed by atoms with Crippen molar-refractivity contribution in [3.63, 3.8) is 0 Å². The van der Waals surface area contributed by atoms with Gasteiger partial charge in [-0.25, -0.2) is 0 Å². The van der Waals surface area contributed by atoms with Crippen LogP contribution in [-0.4, -0.2) is 16.3 Å². The van der Waals surface area contributed by atoms with Gasteiger partial charge in [-0.1, -0.05) is 26.7 Å². The van der Waals surface area contributed by atoms with E-state index in [1.807, 2.05) is 0 Å². The monoisotopic (exact) mass is 226 g/mol. The molecule has 1 aliphatic heterocycles. The fourth-order valence-electron chi connectivity index (χ4n) is 3.21. The van der Waals surface area contributed by atoms with Gasteiger partial charge in [-0.3, -0.25) is 4.79 Å². The van der Waals surface area contributed by atoms with Crippen molar-refractivity contribution in [1.82, 2.24) is 0 Å². The fourth-order valence-corrected chi connectivity index (χ4v) is 5.13. The third kappa shape index (κ3) is 2.11. The van der Waals surface area contributed by atoms with Gasteiger partial charge in [0.2, 0.25) is 0 Å². The van der Waals surface area contributed by atoms with Crippen LogP contribution in [-0.2, 0) is 4.79 Å². The van der Waals surface area contributed by atoms with E-state index in [2.05, 4.69) is 25.6 Å². The van der Waals surface area contributed by atoms with Gasteiger partial charge in [-0.05, 0) is 25.7 Å². The summed E-state index contributed by atoms with van der Waals surface area (Å²) in [6, 6.07) is 0. The Morgan fingerprint density at radius 1 is 1.20 bits per heavy atom. The Bertz CT molecular complexity index is 231. The average molecular weight is 226 g/mol. The van der Waals surface area contributed by atoms with E-state index in [0.29, 0.717) is 28.1 Å². The van der Waals surface area contributed by atoms with Crippen LogP contribution in [0.3, 0.4) is 0 Å². The third-order valence-corrected chi connectivity index (χ3v) is 6.00. The van der Waals surface area contributed by atoms with Gasteiger partial charge >= 0.3 is 0 Å². The van der Waals surface area contributed by atoms with E-state index in [4.69, 9.17) is 0 Å². The highest BCUT2D eigenvalue weighted by Crippen LogP contribution is 2.46. The quantitative estimate of drug-likeness (QED) is 0.714. The summed E-state index contributed by atoms with van der Waals surface area (Å²) < 4.78 is 0. The second-order valence-electron chi connectivity index (χ2n) is 4.93. The smallest absolute Gasteiger partial charge is 0.141 e. The van der Waals surface area contributed by atoms with Crippen LogP contribution in [0.25, 0.3) is 0 Å². The molecule has 0 N–H and O–H groups in total. The largest absolute Gasteiger partial charge is 0.299 e. The number of Topliss-reactive ketones (excluding diaryl/α,β-unsaturated/α-hetero) is 1. The zero-order valence-electron chi connectivity index (χ0n) is 9.87. The molecule has 0 bridgehead atoms. The molecule has 1 saturated carbocycles. The minimum absolute atomic E-state index is 0.361. The summed E-state index contributed by atoms with van der Waals surface area (Å²) in [6.45, 7) is 4.41. The minimum atomic E-state index is 0.361. The van der Waals surface area contributed by atoms with Gasteiger partial charge in [0.05, 0.1) is 0 Å². The first-order valence-corrected chi connectivity index (χ1v) is 7.41. The minimum Gasteiger partial charge on any atom is -0.299 e. The Hall–Kier alpha value is 0.0200. The standard InChI is InChI=1S/C13H22OS/c1-3-9-11(4-2)15-12-8-6-5-7-10(12)13(9)14/h9-12H,3-8H2,1-2H3. The topological polar surface area (TPSA) is 17.1 Å². The molecule has 0 aromatic heterocycles. The molecule has 2 rings (SSSR count). The normalized spacial score (nSPS) is 41.3. The molecule has 4 unspecified atom stereocenters. The fraction of sp³-hybridized carbons (Fsp3) is 0.923. The predicted molar refractivity (Wildman–Crippen MR) is 66.2 cm³/mol. The van der Waals surface area contributed by atoms with Gasteiger partial charge in [0.25, 0.3) is 0 Å². The summed E-state index contributed by atoms with van der Waals surface area (Å²) in [5.41, 5.74) is 0. The molecule has 1 saturated heterocycles. The summed E-state index contributed by atoms with van der Waals surface area (Å²) in [4.78, 5) is 12.3. The van der Waals surface area contributed by atoms with E-state index in [-0.39, 0.29) is 0 Å². The van der Waals surface area contributed by atoms with E-state index < -0.39 is 0 Å². The number of carbonyl (C=O) groups excluding carboxylic acids is 1. The maximum absolute atomic E-state index is 12.3. The average Bonchev–Trinajstić information content (AvgIpc) is 2.29. The maximum atomic E-state index is 12.3. The van der Waals surface area contributed by atoms with E-state index in [0.717, 1.165) is 12.8 Å². The number of carbonyl (C=O) groups is 1. The van der Waals surface area contributed by atoms with Crippen molar-refractivity contribution >= 4 is 17.5 Å². The Balaban J connectivity index is 2.12. The first-order chi connectivity index (χ1) is 7.27. The molecule has 1 nitrogen and oxygen atoms in total. The highest BCUT2D eigenvalue weighted by atomic mass is 32.2. The molecule has 2 heteroatoms. The first kappa shape index (κ1) is 11.5. The molecule has 15 heavy (non-hydrogen) atoms. The van der Waals surface area contributed by atoms with Crippen molar-refractivity contribution in [3.8, 4) is 0 Å². The summed E-state index contributed by atoms with van der Waals surface area (Å²) in [5, 5.41) is 1.28. The van der Waals surface area contributed by atoms with E-state index in [1.165, 1.54) is 25.7 Å². The van der Waals surface area contributed by atoms with Crippen molar-refractivity contribution < 1.29 is 4.79 Å². The number of hydrogen-bond acceptors (Lipinski definition) is 2. The van der Waals surface area contributed by atoms with E-state index in [9.17, 15) is 4.79 Å². The zero-order valence-corrected chi connectivity index (χ0v) is 10.7. The van der Waals surface area contributed by atoms with Gasteiger partial charge in [-0.15, -0.1) is 0 Å². The van der Waals surface area contributed by atoms with Crippen LogP contribution in [0.4, 0.5) is 0 Å². The van der Waals surface area contributed by atoms with Gasteiger partial charge in [0, 0.05) is 22.3 Å². The molecule has 1 heterocycles. The molecular formula is C13H22OS. The SMILES string of the molecule is CCC1SC2CCCCC2C(=O)C1CC. The van der Waals surface area contributed by atoms with Crippen molar-refractivity contribution in [2.24, 2.45) is 11.8 Å². The Kier molecular flexibility index (Phi) is 3.76. The lowest BCUT2D eigenvalue weighted by Crippen LogP contribution is -2.43. The van der Waals surface area contributed by atoms with Crippen LogP contribution in [0.15, 0.2) is 0 Å². The van der Waals surface area contributed by atoms with Gasteiger partial charge < -0.3 is 0 Å². The van der Waals surface area contributed by atoms with Crippen LogP contribution in [0.2, 0.25) is 0 Å². The van der Waals surface area contributed by atoms with Crippen molar-refractivity contribution in [1.29, 1.82) is 0 Å². The van der Waals surface area contributed by atoms with E-state index >= 15 is 0 Å². The lowest BCUT2D eigenvalue weighted by atomic mass is 9.78. The van der Waals surface area contributed by atoms with Crippen LogP contribution >= 0.6 is 11.8 Å². The van der Waals surface area contributed by atoms with Gasteiger partial charge in [-0.2, -0.15) is 11.8 Å². The summed E-state index contributed by atoms with van der Waals surface area (Å²) in [6.07, 6.45) is 7.29. The number of thioether (sulfide) groups is 1. The molecule has 0 aromatic carbocycles. The van der Waals surface area contributed by atoms with Crippen molar-refractivity contribution in [2.45, 2.75) is 62.9 Å². The molecule has 0 amide bonds. The molecule has 0 radical (unpaired) electrons. The number of hydrogen-bond donors (Lipinski definition) is 0. The number of fused-ring (bicyclic) bond motifs is 1. The molecule has 1 aliphatic carbocycles. The second kappa shape index (κ2) is 4.90. The first-order valence-electron chi connectivity index (χ1n) is 6.47. The number of rotatable bonds is 2. The summed E-state index contributed by atoms with van der Waals surface area (Å²) >= 11 is 2.13. The zero-order chi connectivity index (χ0) is 10.8. The van der Waals surface area contributed by atoms with Crippen LogP contribution in [0.5, 0.6) is 0 Å². The van der Waals surface area contributed by atoms with Gasteiger partial charge in [0.15, 0.2) is 0 Å².